The number of rotatable bonds is 21. The predicted molar refractivity (Wildman–Crippen MR) is 176 cm³/mol. The summed E-state index contributed by atoms with van der Waals surface area (Å²) in [6.45, 7) is 7.21. The molecule has 0 aliphatic carbocycles. The largest absolute Gasteiger partial charge is 0.497 e. The Morgan fingerprint density at radius 2 is 1.09 bits per heavy atom. The topological polar surface area (TPSA) is 107 Å². The molecule has 0 bridgehead atoms. The van der Waals surface area contributed by atoms with Gasteiger partial charge in [0.25, 0.3) is 0 Å². The standard InChI is InChI=1S/C30H43N2O9P3/c1-7-19-36-42(39-28-16-10-13-25(22-28)33-4)31-44(38-21-9-3,41-30-18-12-15-27(24-30)35-6)32-43(37-20-8-2)40-29-17-11-14-26(23-29)34-5/h10-18,22-24,31H,7-9,19-21H2,1-6H3. The predicted octanol–water partition coefficient (Wildman–Crippen LogP) is 9.52. The van der Waals surface area contributed by atoms with E-state index >= 15 is 0 Å². The van der Waals surface area contributed by atoms with Gasteiger partial charge in [-0.25, -0.2) is 0 Å². The van der Waals surface area contributed by atoms with Crippen molar-refractivity contribution in [2.24, 2.45) is 4.52 Å². The number of nitrogens with one attached hydrogen (secondary N) is 1. The highest BCUT2D eigenvalue weighted by Gasteiger charge is 2.34. The van der Waals surface area contributed by atoms with Crippen LogP contribution in [0.4, 0.5) is 0 Å². The molecule has 0 aromatic heterocycles. The molecule has 0 fully saturated rings. The minimum atomic E-state index is -3.45. The summed E-state index contributed by atoms with van der Waals surface area (Å²) in [7, 11) is -2.42. The fourth-order valence-electron chi connectivity index (χ4n) is 3.35. The van der Waals surface area contributed by atoms with Crippen molar-refractivity contribution in [3.05, 3.63) is 72.8 Å². The fourth-order valence-corrected chi connectivity index (χ4v) is 9.23. The van der Waals surface area contributed by atoms with Gasteiger partial charge in [0, 0.05) is 18.2 Å². The first-order valence-electron chi connectivity index (χ1n) is 14.3. The average Bonchev–Trinajstić information content (AvgIpc) is 3.05. The summed E-state index contributed by atoms with van der Waals surface area (Å²) in [5.41, 5.74) is 0. The van der Waals surface area contributed by atoms with Crippen LogP contribution in [0.25, 0.3) is 0 Å². The summed E-state index contributed by atoms with van der Waals surface area (Å²) < 4.78 is 59.3. The van der Waals surface area contributed by atoms with E-state index in [2.05, 4.69) is 4.86 Å². The first kappa shape index (κ1) is 35.9. The highest BCUT2D eigenvalue weighted by Crippen LogP contribution is 2.62. The van der Waals surface area contributed by atoms with E-state index in [0.29, 0.717) is 60.7 Å². The molecule has 3 aromatic rings. The van der Waals surface area contributed by atoms with Crippen LogP contribution < -0.4 is 32.6 Å². The molecule has 1 N–H and O–H groups in total. The first-order valence-corrected chi connectivity index (χ1v) is 18.2. The molecule has 0 saturated heterocycles. The van der Waals surface area contributed by atoms with Crippen molar-refractivity contribution >= 4 is 24.7 Å². The van der Waals surface area contributed by atoms with Crippen LogP contribution >= 0.6 is 24.7 Å². The maximum Gasteiger partial charge on any atom is 0.377 e. The van der Waals surface area contributed by atoms with E-state index in [-0.39, 0.29) is 0 Å². The highest BCUT2D eigenvalue weighted by molar-refractivity contribution is 7.70. The Morgan fingerprint density at radius 3 is 1.64 bits per heavy atom. The van der Waals surface area contributed by atoms with Crippen molar-refractivity contribution in [1.29, 1.82) is 0 Å². The van der Waals surface area contributed by atoms with Crippen LogP contribution in [0.15, 0.2) is 77.3 Å². The summed E-state index contributed by atoms with van der Waals surface area (Å²) in [5.74, 6) is 3.46. The van der Waals surface area contributed by atoms with Gasteiger partial charge in [-0.05, 0) is 55.7 Å². The molecule has 3 aromatic carbocycles. The molecule has 0 heterocycles. The van der Waals surface area contributed by atoms with Gasteiger partial charge in [-0.3, -0.25) is 0 Å². The second-order valence-electron chi connectivity index (χ2n) is 9.02. The van der Waals surface area contributed by atoms with Crippen molar-refractivity contribution in [2.45, 2.75) is 40.0 Å². The normalized spacial score (nSPS) is 13.7. The molecule has 0 amide bonds. The number of hydrogen-bond acceptors (Lipinski definition) is 10. The van der Waals surface area contributed by atoms with Gasteiger partial charge in [0.05, 0.1) is 41.2 Å². The number of hydrogen-bond donors (Lipinski definition) is 1. The molecular weight excluding hydrogens is 625 g/mol. The van der Waals surface area contributed by atoms with E-state index in [4.69, 9.17) is 45.9 Å². The van der Waals surface area contributed by atoms with Crippen LogP contribution in [0, 0.1) is 0 Å². The summed E-state index contributed by atoms with van der Waals surface area (Å²) in [6.07, 6.45) is 2.23. The van der Waals surface area contributed by atoms with Crippen LogP contribution in [0.3, 0.4) is 0 Å². The Balaban J connectivity index is 2.12. The van der Waals surface area contributed by atoms with Crippen LogP contribution in [0.5, 0.6) is 34.5 Å². The first-order chi connectivity index (χ1) is 21.5. The van der Waals surface area contributed by atoms with Crippen molar-refractivity contribution in [3.63, 3.8) is 0 Å². The monoisotopic (exact) mass is 668 g/mol. The molecule has 44 heavy (non-hydrogen) atoms. The average molecular weight is 669 g/mol. The summed E-state index contributed by atoms with van der Waals surface area (Å²) in [4.78, 5) is 3.39. The van der Waals surface area contributed by atoms with Crippen molar-refractivity contribution in [1.82, 2.24) is 4.86 Å². The molecule has 3 unspecified atom stereocenters. The Hall–Kier alpha value is -2.61. The van der Waals surface area contributed by atoms with Gasteiger partial charge in [-0.1, -0.05) is 39.0 Å². The lowest BCUT2D eigenvalue weighted by atomic mass is 10.3. The van der Waals surface area contributed by atoms with Crippen LogP contribution in [-0.2, 0) is 13.6 Å². The zero-order valence-electron chi connectivity index (χ0n) is 26.1. The lowest BCUT2D eigenvalue weighted by molar-refractivity contribution is 0.285. The molecule has 0 aliphatic heterocycles. The van der Waals surface area contributed by atoms with E-state index in [0.717, 1.165) is 12.8 Å². The van der Waals surface area contributed by atoms with Gasteiger partial charge >= 0.3 is 24.7 Å². The highest BCUT2D eigenvalue weighted by atomic mass is 31.3. The van der Waals surface area contributed by atoms with Crippen LogP contribution in [0.2, 0.25) is 0 Å². The quantitative estimate of drug-likeness (QED) is 0.110. The molecule has 0 spiro atoms. The molecule has 11 nitrogen and oxygen atoms in total. The van der Waals surface area contributed by atoms with Gasteiger partial charge in [-0.2, -0.15) is 0 Å². The third kappa shape index (κ3) is 12.1. The van der Waals surface area contributed by atoms with E-state index in [1.165, 1.54) is 0 Å². The summed E-state index contributed by atoms with van der Waals surface area (Å²) in [5, 5.41) is 0. The molecule has 0 saturated carbocycles. The second-order valence-corrected chi connectivity index (χ2v) is 13.9. The Bertz CT molecular complexity index is 1320. The molecule has 3 atom stereocenters. The smallest absolute Gasteiger partial charge is 0.377 e. The lowest BCUT2D eigenvalue weighted by Crippen LogP contribution is -2.17. The lowest BCUT2D eigenvalue weighted by Gasteiger charge is -2.29. The molecule has 0 radical (unpaired) electrons. The summed E-state index contributed by atoms with van der Waals surface area (Å²) >= 11 is 0. The molecule has 14 heteroatoms. The Morgan fingerprint density at radius 1 is 0.614 bits per heavy atom. The fraction of sp³-hybridized carbons (Fsp3) is 0.400. The number of benzene rings is 3. The molecule has 242 valence electrons. The number of ether oxygens (including phenoxy) is 3. The zero-order chi connectivity index (χ0) is 31.6. The third-order valence-electron chi connectivity index (χ3n) is 5.41. The van der Waals surface area contributed by atoms with Gasteiger partial charge in [0.15, 0.2) is 0 Å². The molecular formula is C30H43N2O9P3. The number of methoxy groups -OCH3 is 3. The van der Waals surface area contributed by atoms with E-state index in [1.807, 2.05) is 69.3 Å². The molecule has 0 aliphatic rings. The number of nitrogens with zero attached hydrogens (tertiary/aromatic N) is 1. The Kier molecular flexibility index (Phi) is 16.1. The van der Waals surface area contributed by atoms with Gasteiger partial charge in [0.2, 0.25) is 0 Å². The van der Waals surface area contributed by atoms with Crippen molar-refractivity contribution in [2.75, 3.05) is 41.2 Å². The Labute approximate surface area is 263 Å². The van der Waals surface area contributed by atoms with E-state index in [9.17, 15) is 0 Å². The van der Waals surface area contributed by atoms with Gasteiger partial charge in [-0.15, -0.1) is 9.37 Å². The SMILES string of the molecule is CCCOP(N=P(NP(OCCC)Oc1cccc(OC)c1)(OCCC)Oc1cccc(OC)c1)Oc1cccc(OC)c1. The maximum atomic E-state index is 6.63. The minimum Gasteiger partial charge on any atom is -0.497 e. The summed E-state index contributed by atoms with van der Waals surface area (Å²) in [6, 6.07) is 21.8. The molecule has 3 rings (SSSR count). The van der Waals surface area contributed by atoms with Gasteiger partial charge in [0.1, 0.15) is 34.5 Å². The van der Waals surface area contributed by atoms with Gasteiger partial charge < -0.3 is 41.4 Å². The van der Waals surface area contributed by atoms with Crippen molar-refractivity contribution < 1.29 is 41.4 Å². The van der Waals surface area contributed by atoms with Crippen molar-refractivity contribution in [3.8, 4) is 34.5 Å². The van der Waals surface area contributed by atoms with E-state index in [1.54, 1.807) is 45.6 Å². The third-order valence-corrected chi connectivity index (χ3v) is 11.2. The van der Waals surface area contributed by atoms with Crippen LogP contribution in [-0.4, -0.2) is 41.2 Å². The second kappa shape index (κ2) is 19.7. The minimum absolute atomic E-state index is 0.334. The van der Waals surface area contributed by atoms with E-state index < -0.39 is 24.7 Å². The zero-order valence-corrected chi connectivity index (χ0v) is 28.8. The maximum absolute atomic E-state index is 6.63. The van der Waals surface area contributed by atoms with Crippen LogP contribution in [0.1, 0.15) is 40.0 Å².